The van der Waals surface area contributed by atoms with E-state index in [2.05, 4.69) is 66.3 Å². The highest BCUT2D eigenvalue weighted by Gasteiger charge is 2.17. The first kappa shape index (κ1) is 17.6. The molecule has 25 heavy (non-hydrogen) atoms. The summed E-state index contributed by atoms with van der Waals surface area (Å²) in [7, 11) is 0. The number of halogens is 1. The van der Waals surface area contributed by atoms with Gasteiger partial charge in [0, 0.05) is 28.6 Å². The van der Waals surface area contributed by atoms with Gasteiger partial charge in [-0.1, -0.05) is 58.4 Å². The third kappa shape index (κ3) is 4.43. The number of pyridine rings is 1. The van der Waals surface area contributed by atoms with Crippen molar-refractivity contribution in [3.63, 3.8) is 0 Å². The lowest BCUT2D eigenvalue weighted by molar-refractivity contribution is -0.689. The molecule has 2 aromatic carbocycles. The highest BCUT2D eigenvalue weighted by atomic mass is 79.9. The molecule has 0 atom stereocenters. The second kappa shape index (κ2) is 7.75. The monoisotopic (exact) mass is 394 g/mol. The van der Waals surface area contributed by atoms with Crippen molar-refractivity contribution in [1.82, 2.24) is 0 Å². The number of hydrogen-bond acceptors (Lipinski definition) is 1. The van der Waals surface area contributed by atoms with Crippen LogP contribution in [0.2, 0.25) is 0 Å². The fraction of sp³-hybridized carbons (Fsp3) is 0.182. The number of hydrogen-bond donors (Lipinski definition) is 0. The molecule has 0 spiro atoms. The molecule has 3 aromatic rings. The molecular formula is C22H21BrNO+. The molecule has 0 amide bonds. The van der Waals surface area contributed by atoms with Crippen LogP contribution in [0, 0.1) is 13.8 Å². The minimum atomic E-state index is 0.121. The summed E-state index contributed by atoms with van der Waals surface area (Å²) in [6.45, 7) is 4.53. The van der Waals surface area contributed by atoms with Crippen molar-refractivity contribution in [2.75, 3.05) is 0 Å². The molecule has 1 aromatic heterocycles. The van der Waals surface area contributed by atoms with Crippen LogP contribution >= 0.6 is 15.9 Å². The third-order valence-electron chi connectivity index (χ3n) is 4.41. The van der Waals surface area contributed by atoms with E-state index in [1.54, 1.807) is 0 Å². The molecule has 2 nitrogen and oxygen atoms in total. The first-order valence-electron chi connectivity index (χ1n) is 8.35. The van der Waals surface area contributed by atoms with E-state index in [0.717, 1.165) is 22.2 Å². The molecule has 0 aliphatic heterocycles. The number of aromatic nitrogens is 1. The standard InChI is InChI=1S/C22H21BrNO/c1-16-14-24(15-22(25)19-8-10-21(23)11-9-19)17(2)12-20(16)13-18-6-4-3-5-7-18/h3-12,14H,13,15H2,1-2H3/q+1. The normalized spacial score (nSPS) is 10.7. The minimum absolute atomic E-state index is 0.121. The van der Waals surface area contributed by atoms with E-state index >= 15 is 0 Å². The highest BCUT2D eigenvalue weighted by Crippen LogP contribution is 2.14. The molecular weight excluding hydrogens is 374 g/mol. The Morgan fingerprint density at radius 2 is 1.68 bits per heavy atom. The van der Waals surface area contributed by atoms with Gasteiger partial charge >= 0.3 is 0 Å². The Balaban J connectivity index is 1.80. The van der Waals surface area contributed by atoms with Crippen molar-refractivity contribution in [3.05, 3.63) is 99.3 Å². The molecule has 126 valence electrons. The van der Waals surface area contributed by atoms with E-state index in [0.29, 0.717) is 6.54 Å². The second-order valence-corrected chi connectivity index (χ2v) is 7.26. The minimum Gasteiger partial charge on any atom is -0.287 e. The van der Waals surface area contributed by atoms with Crippen LogP contribution in [0.1, 0.15) is 32.7 Å². The lowest BCUT2D eigenvalue weighted by Crippen LogP contribution is -2.41. The Kier molecular flexibility index (Phi) is 5.44. The Bertz CT molecular complexity index is 886. The molecule has 0 N–H and O–H groups in total. The molecule has 0 radical (unpaired) electrons. The van der Waals surface area contributed by atoms with Crippen molar-refractivity contribution in [2.45, 2.75) is 26.8 Å². The molecule has 0 unspecified atom stereocenters. The van der Waals surface area contributed by atoms with Gasteiger partial charge in [-0.15, -0.1) is 0 Å². The maximum atomic E-state index is 12.5. The molecule has 3 heteroatoms. The van der Waals surface area contributed by atoms with Gasteiger partial charge in [-0.2, -0.15) is 4.57 Å². The van der Waals surface area contributed by atoms with Crippen LogP contribution in [0.5, 0.6) is 0 Å². The molecule has 3 rings (SSSR count). The second-order valence-electron chi connectivity index (χ2n) is 6.34. The van der Waals surface area contributed by atoms with Gasteiger partial charge in [0.25, 0.3) is 0 Å². The molecule has 0 aliphatic carbocycles. The summed E-state index contributed by atoms with van der Waals surface area (Å²) in [6.07, 6.45) is 3.00. The zero-order valence-corrected chi connectivity index (χ0v) is 16.1. The van der Waals surface area contributed by atoms with Crippen LogP contribution in [0.25, 0.3) is 0 Å². The third-order valence-corrected chi connectivity index (χ3v) is 4.94. The topological polar surface area (TPSA) is 20.9 Å². The average Bonchev–Trinajstić information content (AvgIpc) is 2.60. The maximum absolute atomic E-state index is 12.5. The van der Waals surface area contributed by atoms with Crippen LogP contribution in [0.4, 0.5) is 0 Å². The van der Waals surface area contributed by atoms with Gasteiger partial charge in [-0.25, -0.2) is 0 Å². The van der Waals surface area contributed by atoms with E-state index in [1.165, 1.54) is 16.7 Å². The Labute approximate surface area is 157 Å². The predicted molar refractivity (Wildman–Crippen MR) is 104 cm³/mol. The van der Waals surface area contributed by atoms with Gasteiger partial charge in [0.15, 0.2) is 11.9 Å². The number of ketones is 1. The number of carbonyl (C=O) groups excluding carboxylic acids is 1. The van der Waals surface area contributed by atoms with Crippen LogP contribution in [0.3, 0.4) is 0 Å². The van der Waals surface area contributed by atoms with Gasteiger partial charge in [-0.05, 0) is 36.6 Å². The van der Waals surface area contributed by atoms with Gasteiger partial charge < -0.3 is 0 Å². The molecule has 0 aliphatic rings. The van der Waals surface area contributed by atoms with Crippen molar-refractivity contribution in [1.29, 1.82) is 0 Å². The smallest absolute Gasteiger partial charge is 0.227 e. The van der Waals surface area contributed by atoms with Crippen LogP contribution < -0.4 is 4.57 Å². The molecule has 1 heterocycles. The van der Waals surface area contributed by atoms with Crippen LogP contribution in [-0.4, -0.2) is 5.78 Å². The van der Waals surface area contributed by atoms with Gasteiger partial charge in [0.2, 0.25) is 12.3 Å². The van der Waals surface area contributed by atoms with E-state index in [4.69, 9.17) is 0 Å². The number of benzene rings is 2. The summed E-state index contributed by atoms with van der Waals surface area (Å²) < 4.78 is 3.02. The van der Waals surface area contributed by atoms with E-state index in [1.807, 2.05) is 34.9 Å². The Hall–Kier alpha value is -2.26. The van der Waals surface area contributed by atoms with Crippen LogP contribution in [-0.2, 0) is 13.0 Å². The van der Waals surface area contributed by atoms with Crippen LogP contribution in [0.15, 0.2) is 71.3 Å². The van der Waals surface area contributed by atoms with E-state index < -0.39 is 0 Å². The molecule has 0 saturated carbocycles. The Morgan fingerprint density at radius 1 is 1.00 bits per heavy atom. The molecule has 0 saturated heterocycles. The highest BCUT2D eigenvalue weighted by molar-refractivity contribution is 9.10. The zero-order valence-electron chi connectivity index (χ0n) is 14.5. The van der Waals surface area contributed by atoms with Gasteiger partial charge in [0.05, 0.1) is 0 Å². The lowest BCUT2D eigenvalue weighted by atomic mass is 10.0. The fourth-order valence-electron chi connectivity index (χ4n) is 2.93. The number of Topliss-reactive ketones (excluding diaryl/α,β-unsaturated/α-hetero) is 1. The van der Waals surface area contributed by atoms with Crippen molar-refractivity contribution in [2.24, 2.45) is 0 Å². The Morgan fingerprint density at radius 3 is 2.36 bits per heavy atom. The first-order valence-corrected chi connectivity index (χ1v) is 9.14. The van der Waals surface area contributed by atoms with Gasteiger partial charge in [-0.3, -0.25) is 4.79 Å². The lowest BCUT2D eigenvalue weighted by Gasteiger charge is -2.08. The predicted octanol–water partition coefficient (Wildman–Crippen LogP) is 4.83. The largest absolute Gasteiger partial charge is 0.287 e. The van der Waals surface area contributed by atoms with Crippen molar-refractivity contribution < 1.29 is 9.36 Å². The number of aryl methyl sites for hydroxylation is 2. The summed E-state index contributed by atoms with van der Waals surface area (Å²) in [4.78, 5) is 12.5. The average molecular weight is 395 g/mol. The fourth-order valence-corrected chi connectivity index (χ4v) is 3.19. The summed E-state index contributed by atoms with van der Waals surface area (Å²) >= 11 is 3.40. The number of nitrogens with zero attached hydrogens (tertiary/aromatic N) is 1. The quantitative estimate of drug-likeness (QED) is 0.448. The van der Waals surface area contributed by atoms with E-state index in [-0.39, 0.29) is 5.78 Å². The van der Waals surface area contributed by atoms with E-state index in [9.17, 15) is 4.79 Å². The molecule has 0 bridgehead atoms. The maximum Gasteiger partial charge on any atom is 0.227 e. The number of rotatable bonds is 5. The first-order chi connectivity index (χ1) is 12.0. The summed E-state index contributed by atoms with van der Waals surface area (Å²) in [6, 6.07) is 20.2. The zero-order chi connectivity index (χ0) is 17.8. The van der Waals surface area contributed by atoms with Crippen molar-refractivity contribution in [3.8, 4) is 0 Å². The number of carbonyl (C=O) groups is 1. The summed E-state index contributed by atoms with van der Waals surface area (Å²) in [5.41, 5.74) is 5.64. The summed E-state index contributed by atoms with van der Waals surface area (Å²) in [5, 5.41) is 0. The van der Waals surface area contributed by atoms with Gasteiger partial charge in [0.1, 0.15) is 0 Å². The molecule has 0 fully saturated rings. The summed E-state index contributed by atoms with van der Waals surface area (Å²) in [5.74, 6) is 0.121. The van der Waals surface area contributed by atoms with Crippen molar-refractivity contribution >= 4 is 21.7 Å². The SMILES string of the molecule is Cc1c[n+](CC(=O)c2ccc(Br)cc2)c(C)cc1Cc1ccccc1.